The van der Waals surface area contributed by atoms with Gasteiger partial charge in [-0.2, -0.15) is 4.98 Å². The minimum Gasteiger partial charge on any atom is -0.497 e. The van der Waals surface area contributed by atoms with Crippen molar-refractivity contribution in [3.05, 3.63) is 53.6 Å². The van der Waals surface area contributed by atoms with E-state index in [1.54, 1.807) is 31.4 Å². The Bertz CT molecular complexity index is 1170. The monoisotopic (exact) mass is 447 g/mol. The molecule has 0 aliphatic heterocycles. The van der Waals surface area contributed by atoms with Crippen molar-refractivity contribution in [2.75, 3.05) is 17.7 Å². The summed E-state index contributed by atoms with van der Waals surface area (Å²) in [6.45, 7) is 2.02. The Morgan fingerprint density at radius 2 is 1.85 bits per heavy atom. The number of rotatable bonds is 6. The van der Waals surface area contributed by atoms with Crippen LogP contribution in [0.4, 0.5) is 11.8 Å². The Hall–Kier alpha value is -3.88. The minimum atomic E-state index is -0.300. The summed E-state index contributed by atoms with van der Waals surface area (Å²) in [6.07, 6.45) is 3.98. The molecule has 0 radical (unpaired) electrons. The number of nitrogens with two attached hydrogens (primary N) is 2. The Labute approximate surface area is 192 Å². The summed E-state index contributed by atoms with van der Waals surface area (Å²) in [5.74, 6) is 1.34. The molecule has 172 valence electrons. The fraction of sp³-hybridized carbons (Fsp3) is 0.333. The molecule has 1 fully saturated rings. The third-order valence-corrected chi connectivity index (χ3v) is 5.80. The van der Waals surface area contributed by atoms with Gasteiger partial charge in [0.1, 0.15) is 11.6 Å². The van der Waals surface area contributed by atoms with Crippen molar-refractivity contribution in [2.45, 2.75) is 44.7 Å². The fourth-order valence-corrected chi connectivity index (χ4v) is 4.13. The Morgan fingerprint density at radius 1 is 1.09 bits per heavy atom. The van der Waals surface area contributed by atoms with Gasteiger partial charge in [-0.15, -0.1) is 0 Å². The Kier molecular flexibility index (Phi) is 6.58. The van der Waals surface area contributed by atoms with Crippen LogP contribution in [0, 0.1) is 6.92 Å². The maximum Gasteiger partial charge on any atom is 0.258 e. The molecule has 1 heterocycles. The number of ether oxygens (including phenoxy) is 1. The number of aromatic nitrogens is 2. The van der Waals surface area contributed by atoms with Crippen LogP contribution in [-0.2, 0) is 0 Å². The number of methoxy groups -OCH3 is 1. The van der Waals surface area contributed by atoms with Crippen molar-refractivity contribution in [1.82, 2.24) is 9.97 Å². The first-order chi connectivity index (χ1) is 15.9. The average Bonchev–Trinajstić information content (AvgIpc) is 2.80. The molecule has 9 heteroatoms. The van der Waals surface area contributed by atoms with Gasteiger partial charge in [-0.05, 0) is 56.2 Å². The SMILES string of the molecule is COc1ccc(C(=O)Nc2nc(N[C@@H]3CCCC[C@@H]3N=C(N)N)c3cc(C)ccc3n2)cc1. The number of aliphatic imine (C=N–C) groups is 1. The molecule has 4 rings (SSSR count). The number of nitrogens with one attached hydrogen (secondary N) is 2. The van der Waals surface area contributed by atoms with Crippen LogP contribution in [0.1, 0.15) is 41.6 Å². The van der Waals surface area contributed by atoms with Crippen LogP contribution in [-0.4, -0.2) is 41.0 Å². The third kappa shape index (κ3) is 5.31. The molecule has 0 unspecified atom stereocenters. The number of carbonyl (C=O) groups excluding carboxylic acids is 1. The van der Waals surface area contributed by atoms with Crippen molar-refractivity contribution < 1.29 is 9.53 Å². The lowest BCUT2D eigenvalue weighted by molar-refractivity contribution is 0.102. The predicted octanol–water partition coefficient (Wildman–Crippen LogP) is 3.20. The number of fused-ring (bicyclic) bond motifs is 1. The van der Waals surface area contributed by atoms with Gasteiger partial charge in [0.25, 0.3) is 5.91 Å². The molecule has 6 N–H and O–H groups in total. The van der Waals surface area contributed by atoms with Crippen molar-refractivity contribution in [3.8, 4) is 5.75 Å². The molecule has 1 aliphatic carbocycles. The molecular formula is C24H29N7O2. The molecule has 0 saturated heterocycles. The maximum atomic E-state index is 12.8. The molecule has 9 nitrogen and oxygen atoms in total. The van der Waals surface area contributed by atoms with E-state index in [9.17, 15) is 4.79 Å². The Morgan fingerprint density at radius 3 is 2.58 bits per heavy atom. The molecule has 1 amide bonds. The second kappa shape index (κ2) is 9.72. The van der Waals surface area contributed by atoms with Crippen molar-refractivity contribution in [2.24, 2.45) is 16.5 Å². The summed E-state index contributed by atoms with van der Waals surface area (Å²) in [5, 5.41) is 7.23. The van der Waals surface area contributed by atoms with Gasteiger partial charge in [-0.3, -0.25) is 10.1 Å². The smallest absolute Gasteiger partial charge is 0.258 e. The van der Waals surface area contributed by atoms with Crippen LogP contribution >= 0.6 is 0 Å². The van der Waals surface area contributed by atoms with Gasteiger partial charge < -0.3 is 21.5 Å². The third-order valence-electron chi connectivity index (χ3n) is 5.80. The van der Waals surface area contributed by atoms with Gasteiger partial charge >= 0.3 is 0 Å². The van der Waals surface area contributed by atoms with Gasteiger partial charge in [0.05, 0.1) is 24.7 Å². The summed E-state index contributed by atoms with van der Waals surface area (Å²) in [7, 11) is 1.58. The highest BCUT2D eigenvalue weighted by molar-refractivity contribution is 6.04. The molecule has 1 aromatic heterocycles. The van der Waals surface area contributed by atoms with Crippen LogP contribution in [0.15, 0.2) is 47.5 Å². The number of benzene rings is 2. The summed E-state index contributed by atoms with van der Waals surface area (Å²) in [6, 6.07) is 12.8. The molecule has 2 aromatic carbocycles. The summed E-state index contributed by atoms with van der Waals surface area (Å²) >= 11 is 0. The highest BCUT2D eigenvalue weighted by Gasteiger charge is 2.26. The zero-order chi connectivity index (χ0) is 23.4. The number of aryl methyl sites for hydroxylation is 1. The van der Waals surface area contributed by atoms with E-state index in [0.29, 0.717) is 17.1 Å². The van der Waals surface area contributed by atoms with Crippen LogP contribution in [0.3, 0.4) is 0 Å². The number of nitrogens with zero attached hydrogens (tertiary/aromatic N) is 3. The first kappa shape index (κ1) is 22.3. The largest absolute Gasteiger partial charge is 0.497 e. The number of guanidine groups is 1. The minimum absolute atomic E-state index is 0.0316. The van der Waals surface area contributed by atoms with Gasteiger partial charge in [-0.1, -0.05) is 24.5 Å². The van der Waals surface area contributed by atoms with Crippen molar-refractivity contribution in [1.29, 1.82) is 0 Å². The van der Waals surface area contributed by atoms with Gasteiger partial charge in [0, 0.05) is 10.9 Å². The number of carbonyl (C=O) groups is 1. The molecular weight excluding hydrogens is 418 g/mol. The average molecular weight is 448 g/mol. The standard InChI is InChI=1S/C24H29N7O2/c1-14-7-12-18-17(13-14)21(27-19-5-3-4-6-20(19)28-23(25)26)30-24(29-18)31-22(32)15-8-10-16(33-2)11-9-15/h7-13,19-20H,3-6H2,1-2H3,(H4,25,26,28)(H2,27,29,30,31,32)/t19-,20+/m1/s1. The number of hydrogen-bond donors (Lipinski definition) is 4. The topological polar surface area (TPSA) is 141 Å². The Balaban J connectivity index is 1.65. The second-order valence-corrected chi connectivity index (χ2v) is 8.26. The highest BCUT2D eigenvalue weighted by Crippen LogP contribution is 2.29. The molecule has 2 atom stereocenters. The van der Waals surface area contributed by atoms with Gasteiger partial charge in [0.15, 0.2) is 5.96 Å². The lowest BCUT2D eigenvalue weighted by Crippen LogP contribution is -2.38. The zero-order valence-corrected chi connectivity index (χ0v) is 18.8. The summed E-state index contributed by atoms with van der Waals surface area (Å²) in [5.41, 5.74) is 13.6. The van der Waals surface area contributed by atoms with E-state index in [1.165, 1.54) is 0 Å². The molecule has 3 aromatic rings. The summed E-state index contributed by atoms with van der Waals surface area (Å²) in [4.78, 5) is 26.4. The van der Waals surface area contributed by atoms with Gasteiger partial charge in [0.2, 0.25) is 5.95 Å². The lowest BCUT2D eigenvalue weighted by Gasteiger charge is -2.30. The normalized spacial score (nSPS) is 17.9. The van der Waals surface area contributed by atoms with Crippen molar-refractivity contribution >= 4 is 34.5 Å². The van der Waals surface area contributed by atoms with Crippen LogP contribution in [0.5, 0.6) is 5.75 Å². The van der Waals surface area contributed by atoms with E-state index < -0.39 is 0 Å². The van der Waals surface area contributed by atoms with Gasteiger partial charge in [-0.25, -0.2) is 9.98 Å². The van der Waals surface area contributed by atoms with Crippen molar-refractivity contribution in [3.63, 3.8) is 0 Å². The van der Waals surface area contributed by atoms with E-state index in [1.807, 2.05) is 25.1 Å². The van der Waals surface area contributed by atoms with Crippen LogP contribution in [0.25, 0.3) is 10.9 Å². The first-order valence-corrected chi connectivity index (χ1v) is 11.0. The quantitative estimate of drug-likeness (QED) is 0.336. The number of anilines is 2. The van der Waals surface area contributed by atoms with E-state index in [4.69, 9.17) is 16.2 Å². The summed E-state index contributed by atoms with van der Waals surface area (Å²) < 4.78 is 5.16. The predicted molar refractivity (Wildman–Crippen MR) is 131 cm³/mol. The fourth-order valence-electron chi connectivity index (χ4n) is 4.13. The molecule has 0 bridgehead atoms. The van der Waals surface area contributed by atoms with E-state index in [-0.39, 0.29) is 29.9 Å². The van der Waals surface area contributed by atoms with E-state index in [0.717, 1.165) is 42.1 Å². The number of amides is 1. The zero-order valence-electron chi connectivity index (χ0n) is 18.8. The molecule has 33 heavy (non-hydrogen) atoms. The molecule has 1 aliphatic rings. The molecule has 0 spiro atoms. The van der Waals surface area contributed by atoms with E-state index in [2.05, 4.69) is 25.6 Å². The highest BCUT2D eigenvalue weighted by atomic mass is 16.5. The molecule has 1 saturated carbocycles. The maximum absolute atomic E-state index is 12.8. The number of hydrogen-bond acceptors (Lipinski definition) is 6. The first-order valence-electron chi connectivity index (χ1n) is 11.0. The second-order valence-electron chi connectivity index (χ2n) is 8.26. The van der Waals surface area contributed by atoms with Crippen LogP contribution in [0.2, 0.25) is 0 Å². The van der Waals surface area contributed by atoms with Crippen LogP contribution < -0.4 is 26.8 Å². The van der Waals surface area contributed by atoms with E-state index >= 15 is 0 Å². The lowest BCUT2D eigenvalue weighted by atomic mass is 9.90.